The van der Waals surface area contributed by atoms with Gasteiger partial charge in [-0.15, -0.1) is 0 Å². The number of likely N-dealkylation sites (N-methyl/N-ethyl adjacent to an activating group) is 1. The van der Waals surface area contributed by atoms with Gasteiger partial charge in [-0.05, 0) is 31.9 Å². The fraction of sp³-hybridized carbons (Fsp3) is 0.533. The number of nitrogens with zero attached hydrogens (tertiary/aromatic N) is 1. The van der Waals surface area contributed by atoms with E-state index in [1.54, 1.807) is 0 Å². The fourth-order valence-corrected chi connectivity index (χ4v) is 1.66. The van der Waals surface area contributed by atoms with Gasteiger partial charge < -0.3 is 10.2 Å². The van der Waals surface area contributed by atoms with E-state index in [0.717, 1.165) is 12.2 Å². The van der Waals surface area contributed by atoms with Crippen molar-refractivity contribution in [2.75, 3.05) is 18.0 Å². The highest BCUT2D eigenvalue weighted by Crippen LogP contribution is 2.12. The molecule has 100 valence electrons. The van der Waals surface area contributed by atoms with Crippen LogP contribution in [0.15, 0.2) is 30.3 Å². The van der Waals surface area contributed by atoms with Crippen molar-refractivity contribution in [3.8, 4) is 0 Å². The molecule has 0 saturated heterocycles. The second-order valence-electron chi connectivity index (χ2n) is 4.95. The van der Waals surface area contributed by atoms with Gasteiger partial charge in [-0.25, -0.2) is 0 Å². The van der Waals surface area contributed by atoms with Gasteiger partial charge in [0.1, 0.15) is 0 Å². The Bertz CT molecular complexity index is 362. The Labute approximate surface area is 110 Å². The molecule has 1 unspecified atom stereocenters. The van der Waals surface area contributed by atoms with Crippen LogP contribution in [0, 0.1) is 5.92 Å². The summed E-state index contributed by atoms with van der Waals surface area (Å²) in [6.07, 6.45) is 0. The number of carbonyl (C=O) groups excluding carboxylic acids is 1. The van der Waals surface area contributed by atoms with Crippen molar-refractivity contribution in [2.24, 2.45) is 5.92 Å². The molecule has 0 saturated carbocycles. The summed E-state index contributed by atoms with van der Waals surface area (Å²) in [5.74, 6) is 0.544. The van der Waals surface area contributed by atoms with Crippen molar-refractivity contribution < 1.29 is 4.79 Å². The first-order valence-electron chi connectivity index (χ1n) is 6.64. The largest absolute Gasteiger partial charge is 0.363 e. The third-order valence-electron chi connectivity index (χ3n) is 3.23. The van der Waals surface area contributed by atoms with Gasteiger partial charge in [-0.1, -0.05) is 32.0 Å². The molecule has 1 amide bonds. The molecule has 1 aromatic rings. The molecule has 0 aliphatic carbocycles. The molecular weight excluding hydrogens is 224 g/mol. The van der Waals surface area contributed by atoms with E-state index >= 15 is 0 Å². The smallest absolute Gasteiger partial charge is 0.239 e. The Kier molecular flexibility index (Phi) is 5.69. The minimum absolute atomic E-state index is 0.0851. The standard InChI is InChI=1S/C15H24N2O/c1-5-17(14-9-7-6-8-10-14)11-15(18)16-13(4)12(2)3/h6-10,12-13H,5,11H2,1-4H3,(H,16,18). The van der Waals surface area contributed by atoms with E-state index in [2.05, 4.69) is 31.0 Å². The molecule has 0 aliphatic rings. The van der Waals surface area contributed by atoms with Gasteiger partial charge in [0.05, 0.1) is 6.54 Å². The molecule has 1 rings (SSSR count). The maximum atomic E-state index is 11.9. The average Bonchev–Trinajstić information content (AvgIpc) is 2.36. The minimum Gasteiger partial charge on any atom is -0.363 e. The molecule has 0 bridgehead atoms. The number of anilines is 1. The number of hydrogen-bond acceptors (Lipinski definition) is 2. The van der Waals surface area contributed by atoms with Gasteiger partial charge in [-0.2, -0.15) is 0 Å². The molecule has 0 aromatic heterocycles. The molecule has 18 heavy (non-hydrogen) atoms. The summed E-state index contributed by atoms with van der Waals surface area (Å²) in [5, 5.41) is 3.03. The zero-order valence-corrected chi connectivity index (χ0v) is 11.8. The molecular formula is C15H24N2O. The molecule has 1 atom stereocenters. The molecule has 0 heterocycles. The van der Waals surface area contributed by atoms with Crippen molar-refractivity contribution in [2.45, 2.75) is 33.7 Å². The molecule has 0 aliphatic heterocycles. The zero-order chi connectivity index (χ0) is 13.5. The summed E-state index contributed by atoms with van der Waals surface area (Å²) in [4.78, 5) is 14.0. The molecule has 0 fully saturated rings. The van der Waals surface area contributed by atoms with E-state index in [1.807, 2.05) is 37.3 Å². The number of rotatable bonds is 6. The summed E-state index contributed by atoms with van der Waals surface area (Å²) in [6, 6.07) is 10.2. The van der Waals surface area contributed by atoms with Crippen LogP contribution in [-0.2, 0) is 4.79 Å². The Balaban J connectivity index is 2.56. The third kappa shape index (κ3) is 4.40. The first-order valence-corrected chi connectivity index (χ1v) is 6.64. The lowest BCUT2D eigenvalue weighted by Crippen LogP contribution is -2.43. The second-order valence-corrected chi connectivity index (χ2v) is 4.95. The average molecular weight is 248 g/mol. The predicted molar refractivity (Wildman–Crippen MR) is 76.8 cm³/mol. The van der Waals surface area contributed by atoms with Gasteiger partial charge in [0.15, 0.2) is 0 Å². The Morgan fingerprint density at radius 1 is 1.22 bits per heavy atom. The lowest BCUT2D eigenvalue weighted by molar-refractivity contribution is -0.120. The van der Waals surface area contributed by atoms with Gasteiger partial charge in [0.2, 0.25) is 5.91 Å². The summed E-state index contributed by atoms with van der Waals surface area (Å²) in [7, 11) is 0. The van der Waals surface area contributed by atoms with Crippen LogP contribution in [0.1, 0.15) is 27.7 Å². The van der Waals surface area contributed by atoms with Gasteiger partial charge >= 0.3 is 0 Å². The van der Waals surface area contributed by atoms with Crippen LogP contribution in [0.5, 0.6) is 0 Å². The van der Waals surface area contributed by atoms with Crippen LogP contribution in [0.3, 0.4) is 0 Å². The normalized spacial score (nSPS) is 12.3. The first kappa shape index (κ1) is 14.6. The van der Waals surface area contributed by atoms with Crippen molar-refractivity contribution >= 4 is 11.6 Å². The molecule has 0 spiro atoms. The lowest BCUT2D eigenvalue weighted by atomic mass is 10.1. The van der Waals surface area contributed by atoms with E-state index in [9.17, 15) is 4.79 Å². The monoisotopic (exact) mass is 248 g/mol. The van der Waals surface area contributed by atoms with Gasteiger partial charge in [-0.3, -0.25) is 4.79 Å². The van der Waals surface area contributed by atoms with Crippen LogP contribution >= 0.6 is 0 Å². The Morgan fingerprint density at radius 2 is 1.83 bits per heavy atom. The molecule has 1 aromatic carbocycles. The summed E-state index contributed by atoms with van der Waals surface area (Å²) < 4.78 is 0. The molecule has 3 nitrogen and oxygen atoms in total. The molecule has 1 N–H and O–H groups in total. The maximum absolute atomic E-state index is 11.9. The highest BCUT2D eigenvalue weighted by Gasteiger charge is 2.13. The van der Waals surface area contributed by atoms with E-state index in [4.69, 9.17) is 0 Å². The fourth-order valence-electron chi connectivity index (χ4n) is 1.66. The number of carbonyl (C=O) groups is 1. The molecule has 0 radical (unpaired) electrons. The van der Waals surface area contributed by atoms with Gasteiger partial charge in [0.25, 0.3) is 0 Å². The predicted octanol–water partition coefficient (Wildman–Crippen LogP) is 2.67. The van der Waals surface area contributed by atoms with E-state index in [-0.39, 0.29) is 11.9 Å². The van der Waals surface area contributed by atoms with Crippen molar-refractivity contribution in [1.29, 1.82) is 0 Å². The summed E-state index contributed by atoms with van der Waals surface area (Å²) >= 11 is 0. The van der Waals surface area contributed by atoms with E-state index < -0.39 is 0 Å². The zero-order valence-electron chi connectivity index (χ0n) is 11.8. The summed E-state index contributed by atoms with van der Waals surface area (Å²) in [5.41, 5.74) is 1.09. The van der Waals surface area contributed by atoms with Crippen LogP contribution in [0.2, 0.25) is 0 Å². The van der Waals surface area contributed by atoms with E-state index in [0.29, 0.717) is 12.5 Å². The Hall–Kier alpha value is -1.51. The van der Waals surface area contributed by atoms with E-state index in [1.165, 1.54) is 0 Å². The van der Waals surface area contributed by atoms with Crippen LogP contribution in [-0.4, -0.2) is 25.0 Å². The van der Waals surface area contributed by atoms with Crippen molar-refractivity contribution in [3.05, 3.63) is 30.3 Å². The second kappa shape index (κ2) is 7.04. The highest BCUT2D eigenvalue weighted by molar-refractivity contribution is 5.81. The van der Waals surface area contributed by atoms with Crippen molar-refractivity contribution in [3.63, 3.8) is 0 Å². The first-order chi connectivity index (χ1) is 8.54. The quantitative estimate of drug-likeness (QED) is 0.839. The number of para-hydroxylation sites is 1. The number of amides is 1. The summed E-state index contributed by atoms with van der Waals surface area (Å²) in [6.45, 7) is 9.57. The highest BCUT2D eigenvalue weighted by atomic mass is 16.2. The third-order valence-corrected chi connectivity index (χ3v) is 3.23. The minimum atomic E-state index is 0.0851. The topological polar surface area (TPSA) is 32.3 Å². The Morgan fingerprint density at radius 3 is 2.33 bits per heavy atom. The van der Waals surface area contributed by atoms with Crippen LogP contribution in [0.4, 0.5) is 5.69 Å². The number of nitrogens with one attached hydrogen (secondary N) is 1. The number of benzene rings is 1. The van der Waals surface area contributed by atoms with Gasteiger partial charge in [0, 0.05) is 18.3 Å². The van der Waals surface area contributed by atoms with Crippen molar-refractivity contribution in [1.82, 2.24) is 5.32 Å². The molecule has 3 heteroatoms. The maximum Gasteiger partial charge on any atom is 0.239 e. The lowest BCUT2D eigenvalue weighted by Gasteiger charge is -2.24. The van der Waals surface area contributed by atoms with Crippen LogP contribution < -0.4 is 10.2 Å². The van der Waals surface area contributed by atoms with Crippen LogP contribution in [0.25, 0.3) is 0 Å². The SMILES string of the molecule is CCN(CC(=O)NC(C)C(C)C)c1ccccc1. The number of hydrogen-bond donors (Lipinski definition) is 1.